The maximum Gasteiger partial charge on any atom is 0.491 e. The van der Waals surface area contributed by atoms with Gasteiger partial charge in [0.15, 0.2) is 0 Å². The minimum atomic E-state index is -0.899. The number of thioether (sulfide) groups is 1. The van der Waals surface area contributed by atoms with E-state index in [0.29, 0.717) is 6.61 Å². The highest BCUT2D eigenvalue weighted by molar-refractivity contribution is 7.98. The first-order valence-electron chi connectivity index (χ1n) is 8.43. The number of hydrogen-bond donors (Lipinski definition) is 2. The maximum atomic E-state index is 10.7. The number of rotatable bonds is 5. The fourth-order valence-corrected chi connectivity index (χ4v) is 3.84. The Morgan fingerprint density at radius 2 is 1.77 bits per heavy atom. The highest BCUT2D eigenvalue weighted by Gasteiger charge is 2.28. The minimum Gasteiger partial charge on any atom is -0.423 e. The van der Waals surface area contributed by atoms with E-state index in [2.05, 4.69) is 4.98 Å². The van der Waals surface area contributed by atoms with E-state index in [9.17, 15) is 10.1 Å². The number of pyridine rings is 1. The first-order chi connectivity index (χ1) is 12.7. The Hall–Kier alpha value is -2.12. The summed E-state index contributed by atoms with van der Waals surface area (Å²) in [5.74, 6) is 0.882. The van der Waals surface area contributed by atoms with Gasteiger partial charge in [-0.25, -0.2) is 0 Å². The highest BCUT2D eigenvalue weighted by Crippen LogP contribution is 2.27. The molecule has 0 radical (unpaired) electrons. The van der Waals surface area contributed by atoms with Crippen LogP contribution in [-0.4, -0.2) is 22.2 Å². The molecule has 1 atom stereocenters. The fourth-order valence-electron chi connectivity index (χ4n) is 2.99. The van der Waals surface area contributed by atoms with Crippen LogP contribution in [0.5, 0.6) is 0 Å². The minimum absolute atomic E-state index is 0.413. The van der Waals surface area contributed by atoms with Crippen molar-refractivity contribution in [3.63, 3.8) is 0 Å². The molecule has 6 heteroatoms. The van der Waals surface area contributed by atoms with Crippen molar-refractivity contribution in [1.82, 2.24) is 4.98 Å². The third-order valence-corrected chi connectivity index (χ3v) is 5.58. The molecule has 1 aliphatic rings. The lowest BCUT2D eigenvalue weighted by atomic mass is 9.78. The van der Waals surface area contributed by atoms with Crippen molar-refractivity contribution in [3.8, 4) is 0 Å². The Bertz CT molecular complexity index is 889. The molecule has 130 valence electrons. The van der Waals surface area contributed by atoms with Crippen LogP contribution in [0.2, 0.25) is 0 Å². The zero-order chi connectivity index (χ0) is 17.9. The quantitative estimate of drug-likeness (QED) is 0.539. The van der Waals surface area contributed by atoms with Gasteiger partial charge < -0.3 is 14.8 Å². The van der Waals surface area contributed by atoms with Crippen LogP contribution < -0.4 is 5.46 Å². The summed E-state index contributed by atoms with van der Waals surface area (Å²) >= 11 is 1.75. The van der Waals surface area contributed by atoms with Gasteiger partial charge >= 0.3 is 7.12 Å². The molecule has 0 fully saturated rings. The molecule has 1 unspecified atom stereocenters. The Morgan fingerprint density at radius 3 is 2.54 bits per heavy atom. The van der Waals surface area contributed by atoms with Crippen molar-refractivity contribution in [2.75, 3.05) is 0 Å². The van der Waals surface area contributed by atoms with E-state index < -0.39 is 13.2 Å². The molecule has 2 N–H and O–H groups in total. The molecule has 0 amide bonds. The van der Waals surface area contributed by atoms with Gasteiger partial charge in [-0.05, 0) is 52.0 Å². The van der Waals surface area contributed by atoms with Crippen LogP contribution in [0.4, 0.5) is 0 Å². The summed E-state index contributed by atoms with van der Waals surface area (Å²) in [6.07, 6.45) is 2.87. The summed E-state index contributed by atoms with van der Waals surface area (Å²) in [5.41, 5.74) is 4.52. The number of fused-ring (bicyclic) bond motifs is 1. The van der Waals surface area contributed by atoms with Gasteiger partial charge in [0.05, 0.1) is 6.61 Å². The van der Waals surface area contributed by atoms with E-state index in [1.54, 1.807) is 24.2 Å². The van der Waals surface area contributed by atoms with Gasteiger partial charge in [-0.15, -0.1) is 11.8 Å². The predicted molar refractivity (Wildman–Crippen MR) is 103 cm³/mol. The molecule has 0 spiro atoms. The average molecular weight is 363 g/mol. The topological polar surface area (TPSA) is 62.6 Å². The van der Waals surface area contributed by atoms with Crippen LogP contribution in [-0.2, 0) is 17.0 Å². The molecule has 26 heavy (non-hydrogen) atoms. The van der Waals surface area contributed by atoms with Crippen LogP contribution in [0, 0.1) is 0 Å². The number of aliphatic hydroxyl groups excluding tert-OH is 1. The molecule has 4 nitrogen and oxygen atoms in total. The molecular formula is C20H18BNO3S. The summed E-state index contributed by atoms with van der Waals surface area (Å²) in [5, 5.41) is 20.5. The van der Waals surface area contributed by atoms with Crippen molar-refractivity contribution in [3.05, 3.63) is 89.2 Å². The summed E-state index contributed by atoms with van der Waals surface area (Å²) in [4.78, 5) is 5.17. The molecule has 4 rings (SSSR count). The Morgan fingerprint density at radius 1 is 1.04 bits per heavy atom. The number of aromatic nitrogens is 1. The van der Waals surface area contributed by atoms with Crippen LogP contribution in [0.25, 0.3) is 0 Å². The molecule has 1 aliphatic heterocycles. The third-order valence-electron chi connectivity index (χ3n) is 4.50. The molecule has 2 heterocycles. The molecule has 2 aromatic carbocycles. The Kier molecular flexibility index (Phi) is 5.08. The molecule has 0 saturated carbocycles. The van der Waals surface area contributed by atoms with Crippen molar-refractivity contribution in [2.45, 2.75) is 23.4 Å². The molecule has 0 aliphatic carbocycles. The average Bonchev–Trinajstić information content (AvgIpc) is 3.07. The van der Waals surface area contributed by atoms with Gasteiger partial charge in [0, 0.05) is 23.0 Å². The monoisotopic (exact) mass is 363 g/mol. The Balaban J connectivity index is 1.45. The second-order valence-corrected chi connectivity index (χ2v) is 7.29. The summed E-state index contributed by atoms with van der Waals surface area (Å²) in [7, 11) is -0.899. The Labute approximate surface area is 157 Å². The van der Waals surface area contributed by atoms with Gasteiger partial charge in [0.2, 0.25) is 0 Å². The van der Waals surface area contributed by atoms with Crippen molar-refractivity contribution in [2.24, 2.45) is 0 Å². The molecule has 0 bridgehead atoms. The van der Waals surface area contributed by atoms with E-state index >= 15 is 0 Å². The summed E-state index contributed by atoms with van der Waals surface area (Å²) in [6, 6.07) is 17.6. The standard InChI is InChI=1S/C20H18BNO3S/c23-20(16-1-2-17-12-25-21(24)19(17)11-16)15-3-5-18(6-4-15)26-13-14-7-9-22-10-8-14/h1-11,20,23-24H,12-13H2. The highest BCUT2D eigenvalue weighted by atomic mass is 32.2. The third kappa shape index (κ3) is 3.69. The van der Waals surface area contributed by atoms with Gasteiger partial charge in [-0.2, -0.15) is 0 Å². The van der Waals surface area contributed by atoms with Gasteiger partial charge in [-0.1, -0.05) is 30.3 Å². The first-order valence-corrected chi connectivity index (χ1v) is 9.41. The van der Waals surface area contributed by atoms with Crippen LogP contribution in [0.15, 0.2) is 71.9 Å². The number of nitrogens with zero attached hydrogens (tertiary/aromatic N) is 1. The van der Waals surface area contributed by atoms with E-state index in [4.69, 9.17) is 4.65 Å². The number of benzene rings is 2. The van der Waals surface area contributed by atoms with Crippen molar-refractivity contribution < 1.29 is 14.8 Å². The van der Waals surface area contributed by atoms with E-state index in [0.717, 1.165) is 32.8 Å². The van der Waals surface area contributed by atoms with Crippen LogP contribution in [0.3, 0.4) is 0 Å². The second kappa shape index (κ2) is 7.64. The lowest BCUT2D eigenvalue weighted by Gasteiger charge is -2.13. The van der Waals surface area contributed by atoms with Gasteiger partial charge in [0.1, 0.15) is 6.10 Å². The van der Waals surface area contributed by atoms with Crippen molar-refractivity contribution in [1.29, 1.82) is 0 Å². The summed E-state index contributed by atoms with van der Waals surface area (Å²) in [6.45, 7) is 0.413. The molecule has 1 aromatic heterocycles. The molecule has 3 aromatic rings. The van der Waals surface area contributed by atoms with Crippen molar-refractivity contribution >= 4 is 24.3 Å². The maximum absolute atomic E-state index is 10.7. The largest absolute Gasteiger partial charge is 0.491 e. The lowest BCUT2D eigenvalue weighted by molar-refractivity contribution is 0.220. The van der Waals surface area contributed by atoms with E-state index in [1.165, 1.54) is 5.56 Å². The SMILES string of the molecule is OB1OCc2ccc(C(O)c3ccc(SCc4ccncc4)cc3)cc21. The first kappa shape index (κ1) is 17.3. The van der Waals surface area contributed by atoms with Crippen LogP contribution >= 0.6 is 11.8 Å². The van der Waals surface area contributed by atoms with E-state index in [-0.39, 0.29) is 0 Å². The lowest BCUT2D eigenvalue weighted by Crippen LogP contribution is -2.28. The van der Waals surface area contributed by atoms with Crippen LogP contribution in [0.1, 0.15) is 28.4 Å². The van der Waals surface area contributed by atoms with Gasteiger partial charge in [-0.3, -0.25) is 4.98 Å². The second-order valence-electron chi connectivity index (χ2n) is 6.24. The zero-order valence-electron chi connectivity index (χ0n) is 14.1. The molecular weight excluding hydrogens is 345 g/mol. The van der Waals surface area contributed by atoms with E-state index in [1.807, 2.05) is 54.6 Å². The smallest absolute Gasteiger partial charge is 0.423 e. The number of hydrogen-bond acceptors (Lipinski definition) is 5. The number of aliphatic hydroxyl groups is 1. The molecule has 0 saturated heterocycles. The normalized spacial score (nSPS) is 14.3. The van der Waals surface area contributed by atoms with Gasteiger partial charge in [0.25, 0.3) is 0 Å². The predicted octanol–water partition coefficient (Wildman–Crippen LogP) is 2.67. The fraction of sp³-hybridized carbons (Fsp3) is 0.150. The zero-order valence-corrected chi connectivity index (χ0v) is 14.9. The summed E-state index contributed by atoms with van der Waals surface area (Å²) < 4.78 is 5.21.